The van der Waals surface area contributed by atoms with E-state index in [0.29, 0.717) is 6.42 Å². The van der Waals surface area contributed by atoms with Gasteiger partial charge in [-0.2, -0.15) is 0 Å². The molecule has 0 unspecified atom stereocenters. The fourth-order valence-electron chi connectivity index (χ4n) is 2.38. The van der Waals surface area contributed by atoms with E-state index in [1.54, 1.807) is 0 Å². The van der Waals surface area contributed by atoms with E-state index in [4.69, 9.17) is 81.2 Å². The largest absolute Gasteiger partial charge is 0.226 e. The lowest BCUT2D eigenvalue weighted by Crippen LogP contribution is -2.46. The van der Waals surface area contributed by atoms with E-state index in [1.165, 1.54) is 51.4 Å². The molecule has 0 saturated carbocycles. The van der Waals surface area contributed by atoms with Gasteiger partial charge in [0.05, 0.1) is 0 Å². The zero-order valence-electron chi connectivity index (χ0n) is 13.6. The number of alkyl halides is 7. The molecule has 0 radical (unpaired) electrons. The lowest BCUT2D eigenvalue weighted by Gasteiger charge is -2.37. The molecule has 0 bridgehead atoms. The van der Waals surface area contributed by atoms with E-state index in [2.05, 4.69) is 6.92 Å². The van der Waals surface area contributed by atoms with Crippen molar-refractivity contribution in [1.82, 2.24) is 0 Å². The predicted molar refractivity (Wildman–Crippen MR) is 110 cm³/mol. The van der Waals surface area contributed by atoms with Crippen molar-refractivity contribution in [3.05, 3.63) is 0 Å². The Morgan fingerprint density at radius 2 is 0.870 bits per heavy atom. The summed E-state index contributed by atoms with van der Waals surface area (Å²) < 4.78 is -5.30. The van der Waals surface area contributed by atoms with Crippen molar-refractivity contribution in [2.45, 2.75) is 96.4 Å². The maximum absolute atomic E-state index is 6.18. The van der Waals surface area contributed by atoms with Crippen LogP contribution in [0.25, 0.3) is 0 Å². The molecule has 0 spiro atoms. The first-order valence-electron chi connectivity index (χ1n) is 8.38. The molecule has 0 nitrogen and oxygen atoms in total. The van der Waals surface area contributed by atoms with E-state index in [9.17, 15) is 0 Å². The molecule has 0 aliphatic heterocycles. The van der Waals surface area contributed by atoms with Gasteiger partial charge in [0.15, 0.2) is 8.67 Å². The van der Waals surface area contributed by atoms with Crippen molar-refractivity contribution in [3.63, 3.8) is 0 Å². The van der Waals surface area contributed by atoms with Gasteiger partial charge in [0.1, 0.15) is 0 Å². The number of unbranched alkanes of at least 4 members (excludes halogenated alkanes) is 10. The first-order chi connectivity index (χ1) is 10.6. The molecule has 0 atom stereocenters. The predicted octanol–water partition coefficient (Wildman–Crippen LogP) is 9.41. The van der Waals surface area contributed by atoms with Crippen LogP contribution in [0.1, 0.15) is 84.0 Å². The Bertz CT molecular complexity index is 297. The molecule has 7 heteroatoms. The quantitative estimate of drug-likeness (QED) is 0.187. The van der Waals surface area contributed by atoms with Crippen LogP contribution in [0.15, 0.2) is 0 Å². The van der Waals surface area contributed by atoms with Crippen LogP contribution in [-0.2, 0) is 0 Å². The maximum Gasteiger partial charge on any atom is 0.226 e. The summed E-state index contributed by atoms with van der Waals surface area (Å²) >= 11 is 41.7. The topological polar surface area (TPSA) is 0 Å². The van der Waals surface area contributed by atoms with Crippen LogP contribution in [0.3, 0.4) is 0 Å². The summed E-state index contributed by atoms with van der Waals surface area (Å²) in [5, 5.41) is 0. The second-order valence-corrected chi connectivity index (χ2v) is 11.2. The molecule has 0 aliphatic rings. The molecule has 0 N–H and O–H groups in total. The van der Waals surface area contributed by atoms with Crippen LogP contribution >= 0.6 is 81.2 Å². The van der Waals surface area contributed by atoms with E-state index in [0.717, 1.165) is 19.3 Å². The molecule has 0 aromatic carbocycles. The third-order valence-electron chi connectivity index (χ3n) is 3.91. The summed E-state index contributed by atoms with van der Waals surface area (Å²) in [6.45, 7) is 2.24. The minimum Gasteiger partial charge on any atom is -0.0981 e. The molecule has 0 aromatic rings. The molecular weight excluding hydrogens is 440 g/mol. The summed E-state index contributed by atoms with van der Waals surface area (Å²) in [5.41, 5.74) is 0. The lowest BCUT2D eigenvalue weighted by molar-refractivity contribution is 0.521. The Kier molecular flexibility index (Phi) is 13.5. The molecular formula is C16H27Cl7. The van der Waals surface area contributed by atoms with E-state index in [-0.39, 0.29) is 0 Å². The van der Waals surface area contributed by atoms with Gasteiger partial charge in [-0.25, -0.2) is 0 Å². The minimum atomic E-state index is -1.95. The number of hydrogen-bond acceptors (Lipinski definition) is 0. The van der Waals surface area contributed by atoms with Crippen molar-refractivity contribution >= 4 is 81.2 Å². The van der Waals surface area contributed by atoms with Crippen LogP contribution in [0.5, 0.6) is 0 Å². The highest BCUT2D eigenvalue weighted by molar-refractivity contribution is 6.78. The van der Waals surface area contributed by atoms with Gasteiger partial charge in [0.25, 0.3) is 0 Å². The lowest BCUT2D eigenvalue weighted by atomic mass is 10.0. The van der Waals surface area contributed by atoms with Gasteiger partial charge < -0.3 is 0 Å². The van der Waals surface area contributed by atoms with Crippen LogP contribution in [0, 0.1) is 0 Å². The zero-order chi connectivity index (χ0) is 18.0. The van der Waals surface area contributed by atoms with Gasteiger partial charge in [-0.3, -0.25) is 0 Å². The van der Waals surface area contributed by atoms with Gasteiger partial charge in [-0.05, 0) is 6.42 Å². The average molecular weight is 468 g/mol. The Balaban J connectivity index is 3.72. The highest BCUT2D eigenvalue weighted by Gasteiger charge is 2.59. The van der Waals surface area contributed by atoms with Crippen molar-refractivity contribution in [1.29, 1.82) is 0 Å². The standard InChI is InChI=1S/C16H27Cl7/c1-2-3-4-5-6-7-8-9-10-11-12-13-14(17,18)15(19,20)16(21,22)23/h2-13H2,1H3. The van der Waals surface area contributed by atoms with Crippen LogP contribution in [0.4, 0.5) is 0 Å². The highest BCUT2D eigenvalue weighted by Crippen LogP contribution is 2.57. The molecule has 0 rings (SSSR count). The Morgan fingerprint density at radius 3 is 1.22 bits per heavy atom. The normalized spacial score (nSPS) is 13.6. The van der Waals surface area contributed by atoms with Gasteiger partial charge in [-0.15, -0.1) is 0 Å². The maximum atomic E-state index is 6.18. The minimum absolute atomic E-state index is 0.383. The van der Waals surface area contributed by atoms with Crippen molar-refractivity contribution in [2.75, 3.05) is 0 Å². The second kappa shape index (κ2) is 12.4. The molecule has 23 heavy (non-hydrogen) atoms. The fourth-order valence-corrected chi connectivity index (χ4v) is 3.89. The van der Waals surface area contributed by atoms with Gasteiger partial charge in [0.2, 0.25) is 3.79 Å². The summed E-state index contributed by atoms with van der Waals surface area (Å²) in [7, 11) is 0. The van der Waals surface area contributed by atoms with Crippen LogP contribution in [-0.4, -0.2) is 12.5 Å². The first kappa shape index (κ1) is 25.0. The molecule has 0 saturated heterocycles. The van der Waals surface area contributed by atoms with Gasteiger partial charge in [0, 0.05) is 0 Å². The summed E-state index contributed by atoms with van der Waals surface area (Å²) in [6.07, 6.45) is 13.9. The highest BCUT2D eigenvalue weighted by atomic mass is 35.6. The smallest absolute Gasteiger partial charge is 0.0981 e. The third kappa shape index (κ3) is 10.1. The number of halogens is 7. The van der Waals surface area contributed by atoms with Crippen molar-refractivity contribution in [2.24, 2.45) is 0 Å². The van der Waals surface area contributed by atoms with Crippen molar-refractivity contribution < 1.29 is 0 Å². The molecule has 0 fully saturated rings. The average Bonchev–Trinajstić information content (AvgIpc) is 2.43. The Hall–Kier alpha value is 2.03. The molecule has 0 aliphatic carbocycles. The number of hydrogen-bond donors (Lipinski definition) is 0. The summed E-state index contributed by atoms with van der Waals surface area (Å²) in [5.74, 6) is 0. The SMILES string of the molecule is CCCCCCCCCCCCCC(Cl)(Cl)C(Cl)(Cl)C(Cl)(Cl)Cl. The molecule has 140 valence electrons. The number of rotatable bonds is 13. The second-order valence-electron chi connectivity index (χ2n) is 6.06. The first-order valence-corrected chi connectivity index (χ1v) is 11.0. The van der Waals surface area contributed by atoms with Gasteiger partial charge >= 0.3 is 0 Å². The molecule has 0 heterocycles. The Labute approximate surface area is 176 Å². The van der Waals surface area contributed by atoms with Gasteiger partial charge in [-0.1, -0.05) is 159 Å². The van der Waals surface area contributed by atoms with E-state index in [1.807, 2.05) is 0 Å². The zero-order valence-corrected chi connectivity index (χ0v) is 18.9. The van der Waals surface area contributed by atoms with Crippen molar-refractivity contribution in [3.8, 4) is 0 Å². The van der Waals surface area contributed by atoms with Crippen LogP contribution in [0.2, 0.25) is 0 Å². The van der Waals surface area contributed by atoms with Crippen LogP contribution < -0.4 is 0 Å². The molecule has 0 amide bonds. The van der Waals surface area contributed by atoms with E-state index >= 15 is 0 Å². The molecule has 0 aromatic heterocycles. The third-order valence-corrected chi connectivity index (χ3v) is 7.88. The van der Waals surface area contributed by atoms with E-state index < -0.39 is 12.5 Å². The summed E-state index contributed by atoms with van der Waals surface area (Å²) in [4.78, 5) is 0. The Morgan fingerprint density at radius 1 is 0.522 bits per heavy atom. The monoisotopic (exact) mass is 464 g/mol. The summed E-state index contributed by atoms with van der Waals surface area (Å²) in [6, 6.07) is 0. The fraction of sp³-hybridized carbons (Fsp3) is 1.00.